The summed E-state index contributed by atoms with van der Waals surface area (Å²) in [5, 5.41) is 10.6. The first-order valence-corrected chi connectivity index (χ1v) is 6.13. The molecule has 0 aromatic heterocycles. The highest BCUT2D eigenvalue weighted by Gasteiger charge is 2.21. The molecule has 1 unspecified atom stereocenters. The minimum atomic E-state index is -0.771. The van der Waals surface area contributed by atoms with Crippen LogP contribution in [0.2, 0.25) is 0 Å². The molecule has 2 aromatic rings. The molecule has 2 aromatic carbocycles. The molecule has 2 rings (SSSR count). The lowest BCUT2D eigenvalue weighted by molar-refractivity contribution is 0.208. The van der Waals surface area contributed by atoms with E-state index in [0.717, 1.165) is 11.1 Å². The van der Waals surface area contributed by atoms with Gasteiger partial charge in [0.05, 0.1) is 19.8 Å². The molecular formula is C16H18O3. The Balaban J connectivity index is 2.55. The van der Waals surface area contributed by atoms with Crippen LogP contribution in [0.3, 0.4) is 0 Å². The Morgan fingerprint density at radius 2 is 1.47 bits per heavy atom. The molecule has 0 radical (unpaired) electrons. The second-order valence-electron chi connectivity index (χ2n) is 4.34. The number of aliphatic hydroxyl groups excluding tert-OH is 1. The molecule has 1 atom stereocenters. The maximum Gasteiger partial charge on any atom is 0.128 e. The number of aryl methyl sites for hydroxylation is 1. The van der Waals surface area contributed by atoms with Gasteiger partial charge < -0.3 is 14.6 Å². The van der Waals surface area contributed by atoms with E-state index in [-0.39, 0.29) is 0 Å². The van der Waals surface area contributed by atoms with Crippen molar-refractivity contribution in [3.63, 3.8) is 0 Å². The van der Waals surface area contributed by atoms with E-state index >= 15 is 0 Å². The second kappa shape index (κ2) is 5.76. The Morgan fingerprint density at radius 3 is 2.00 bits per heavy atom. The predicted molar refractivity (Wildman–Crippen MR) is 74.8 cm³/mol. The summed E-state index contributed by atoms with van der Waals surface area (Å²) in [6.45, 7) is 1.97. The number of benzene rings is 2. The number of hydrogen-bond donors (Lipinski definition) is 1. The smallest absolute Gasteiger partial charge is 0.128 e. The summed E-state index contributed by atoms with van der Waals surface area (Å²) in [5.41, 5.74) is 2.54. The first-order valence-electron chi connectivity index (χ1n) is 6.13. The number of aliphatic hydroxyl groups is 1. The van der Waals surface area contributed by atoms with E-state index in [1.165, 1.54) is 0 Å². The van der Waals surface area contributed by atoms with Crippen LogP contribution in [0.15, 0.2) is 42.5 Å². The van der Waals surface area contributed by atoms with E-state index in [0.29, 0.717) is 17.1 Å². The predicted octanol–water partition coefficient (Wildman–Crippen LogP) is 3.09. The lowest BCUT2D eigenvalue weighted by Crippen LogP contribution is -2.06. The van der Waals surface area contributed by atoms with E-state index in [9.17, 15) is 5.11 Å². The highest BCUT2D eigenvalue weighted by molar-refractivity contribution is 5.50. The van der Waals surface area contributed by atoms with Gasteiger partial charge in [0.2, 0.25) is 0 Å². The van der Waals surface area contributed by atoms with Crippen LogP contribution in [0.25, 0.3) is 0 Å². The number of ether oxygens (including phenoxy) is 2. The van der Waals surface area contributed by atoms with Crippen LogP contribution >= 0.6 is 0 Å². The van der Waals surface area contributed by atoms with Crippen LogP contribution < -0.4 is 9.47 Å². The van der Waals surface area contributed by atoms with Gasteiger partial charge in [0.25, 0.3) is 0 Å². The first kappa shape index (κ1) is 13.4. The largest absolute Gasteiger partial charge is 0.496 e. The minimum absolute atomic E-state index is 0.620. The number of methoxy groups -OCH3 is 2. The quantitative estimate of drug-likeness (QED) is 0.915. The van der Waals surface area contributed by atoms with Gasteiger partial charge in [-0.15, -0.1) is 0 Å². The zero-order valence-corrected chi connectivity index (χ0v) is 11.4. The summed E-state index contributed by atoms with van der Waals surface area (Å²) in [6, 6.07) is 13.2. The van der Waals surface area contributed by atoms with E-state index in [2.05, 4.69) is 0 Å². The van der Waals surface area contributed by atoms with Crippen molar-refractivity contribution in [2.24, 2.45) is 0 Å². The SMILES string of the molecule is COc1cccc(OC)c1C(O)c1ccccc1C. The molecule has 0 spiro atoms. The summed E-state index contributed by atoms with van der Waals surface area (Å²) >= 11 is 0. The van der Waals surface area contributed by atoms with Crippen molar-refractivity contribution >= 4 is 0 Å². The molecule has 0 aliphatic heterocycles. The molecule has 0 heterocycles. The molecule has 100 valence electrons. The van der Waals surface area contributed by atoms with E-state index in [4.69, 9.17) is 9.47 Å². The van der Waals surface area contributed by atoms with Gasteiger partial charge in [-0.1, -0.05) is 30.3 Å². The highest BCUT2D eigenvalue weighted by Crippen LogP contribution is 2.37. The summed E-state index contributed by atoms with van der Waals surface area (Å²) in [4.78, 5) is 0. The molecule has 3 nitrogen and oxygen atoms in total. The zero-order valence-electron chi connectivity index (χ0n) is 11.4. The fourth-order valence-electron chi connectivity index (χ4n) is 2.20. The molecule has 1 N–H and O–H groups in total. The third-order valence-electron chi connectivity index (χ3n) is 3.22. The molecular weight excluding hydrogens is 240 g/mol. The third-order valence-corrected chi connectivity index (χ3v) is 3.22. The average Bonchev–Trinajstić information content (AvgIpc) is 2.46. The summed E-state index contributed by atoms with van der Waals surface area (Å²) in [5.74, 6) is 1.24. The maximum atomic E-state index is 10.6. The fourth-order valence-corrected chi connectivity index (χ4v) is 2.20. The van der Waals surface area contributed by atoms with Crippen molar-refractivity contribution in [2.45, 2.75) is 13.0 Å². The molecule has 0 amide bonds. The Hall–Kier alpha value is -2.00. The van der Waals surface area contributed by atoms with Gasteiger partial charge in [-0.2, -0.15) is 0 Å². The Morgan fingerprint density at radius 1 is 0.895 bits per heavy atom. The van der Waals surface area contributed by atoms with E-state index in [1.807, 2.05) is 49.4 Å². The second-order valence-corrected chi connectivity index (χ2v) is 4.34. The molecule has 0 aliphatic rings. The molecule has 0 fully saturated rings. The van der Waals surface area contributed by atoms with Crippen LogP contribution in [0.4, 0.5) is 0 Å². The summed E-state index contributed by atoms with van der Waals surface area (Å²) in [6.07, 6.45) is -0.771. The summed E-state index contributed by atoms with van der Waals surface area (Å²) < 4.78 is 10.7. The normalized spacial score (nSPS) is 12.0. The molecule has 0 aliphatic carbocycles. The van der Waals surface area contributed by atoms with Gasteiger partial charge in [-0.05, 0) is 30.2 Å². The first-order chi connectivity index (χ1) is 9.19. The molecule has 0 saturated carbocycles. The van der Waals surface area contributed by atoms with Crippen LogP contribution in [-0.4, -0.2) is 19.3 Å². The van der Waals surface area contributed by atoms with Gasteiger partial charge in [0, 0.05) is 0 Å². The van der Waals surface area contributed by atoms with E-state index in [1.54, 1.807) is 14.2 Å². The van der Waals surface area contributed by atoms with Crippen molar-refractivity contribution in [1.82, 2.24) is 0 Å². The van der Waals surface area contributed by atoms with Gasteiger partial charge in [0.15, 0.2) is 0 Å². The minimum Gasteiger partial charge on any atom is -0.496 e. The van der Waals surface area contributed by atoms with Crippen LogP contribution in [0, 0.1) is 6.92 Å². The summed E-state index contributed by atoms with van der Waals surface area (Å²) in [7, 11) is 3.17. The Labute approximate surface area is 113 Å². The monoisotopic (exact) mass is 258 g/mol. The molecule has 3 heteroatoms. The van der Waals surface area contributed by atoms with Gasteiger partial charge in [0.1, 0.15) is 17.6 Å². The standard InChI is InChI=1S/C16H18O3/c1-11-7-4-5-8-12(11)16(17)15-13(18-2)9-6-10-14(15)19-3/h4-10,16-17H,1-3H3. The van der Waals surface area contributed by atoms with Gasteiger partial charge in [-0.25, -0.2) is 0 Å². The average molecular weight is 258 g/mol. The van der Waals surface area contributed by atoms with Crippen molar-refractivity contribution < 1.29 is 14.6 Å². The van der Waals surface area contributed by atoms with Crippen LogP contribution in [-0.2, 0) is 0 Å². The highest BCUT2D eigenvalue weighted by atomic mass is 16.5. The van der Waals surface area contributed by atoms with Gasteiger partial charge >= 0.3 is 0 Å². The van der Waals surface area contributed by atoms with Crippen LogP contribution in [0.5, 0.6) is 11.5 Å². The number of rotatable bonds is 4. The van der Waals surface area contributed by atoms with Crippen LogP contribution in [0.1, 0.15) is 22.8 Å². The lowest BCUT2D eigenvalue weighted by Gasteiger charge is -2.19. The lowest BCUT2D eigenvalue weighted by atomic mass is 9.96. The third kappa shape index (κ3) is 2.56. The van der Waals surface area contributed by atoms with Crippen molar-refractivity contribution in [3.8, 4) is 11.5 Å². The molecule has 0 saturated heterocycles. The van der Waals surface area contributed by atoms with Crippen molar-refractivity contribution in [2.75, 3.05) is 14.2 Å². The molecule has 0 bridgehead atoms. The Bertz CT molecular complexity index is 541. The zero-order chi connectivity index (χ0) is 13.8. The fraction of sp³-hybridized carbons (Fsp3) is 0.250. The molecule has 19 heavy (non-hydrogen) atoms. The van der Waals surface area contributed by atoms with Crippen molar-refractivity contribution in [3.05, 3.63) is 59.2 Å². The topological polar surface area (TPSA) is 38.7 Å². The van der Waals surface area contributed by atoms with Crippen molar-refractivity contribution in [1.29, 1.82) is 0 Å². The van der Waals surface area contributed by atoms with Gasteiger partial charge in [-0.3, -0.25) is 0 Å². The maximum absolute atomic E-state index is 10.6. The Kier molecular flexibility index (Phi) is 4.07. The number of hydrogen-bond acceptors (Lipinski definition) is 3. The van der Waals surface area contributed by atoms with E-state index < -0.39 is 6.10 Å².